The summed E-state index contributed by atoms with van der Waals surface area (Å²) in [5, 5.41) is 27.7. The first kappa shape index (κ1) is 59.5. The number of benzene rings is 10. The van der Waals surface area contributed by atoms with Crippen LogP contribution in [0.15, 0.2) is 190 Å². The van der Waals surface area contributed by atoms with Crippen LogP contribution in [-0.2, 0) is 16.0 Å². The Kier molecular flexibility index (Phi) is 14.3. The topological polar surface area (TPSA) is 146 Å². The first-order chi connectivity index (χ1) is 45.3. The van der Waals surface area contributed by atoms with Crippen LogP contribution in [-0.4, -0.2) is 40.6 Å². The van der Waals surface area contributed by atoms with Gasteiger partial charge in [-0.15, -0.1) is 0 Å². The van der Waals surface area contributed by atoms with Crippen LogP contribution in [0.3, 0.4) is 0 Å². The largest absolute Gasteiger partial charge is 0.492 e. The molecule has 464 valence electrons. The molecule has 94 heavy (non-hydrogen) atoms. The van der Waals surface area contributed by atoms with Crippen molar-refractivity contribution >= 4 is 141 Å². The number of carbonyl (C=O) groups is 2. The van der Waals surface area contributed by atoms with Crippen LogP contribution in [0.2, 0.25) is 0 Å². The van der Waals surface area contributed by atoms with Crippen LogP contribution in [0.5, 0.6) is 5.75 Å². The van der Waals surface area contributed by atoms with E-state index in [9.17, 15) is 9.59 Å². The van der Waals surface area contributed by atoms with E-state index in [1.54, 1.807) is 0 Å². The molecule has 0 aliphatic rings. The van der Waals surface area contributed by atoms with Crippen LogP contribution in [0, 0.1) is 0 Å². The Hall–Kier alpha value is -10.8. The van der Waals surface area contributed by atoms with Crippen molar-refractivity contribution in [1.29, 1.82) is 0 Å². The van der Waals surface area contributed by atoms with Gasteiger partial charge in [0.1, 0.15) is 12.4 Å². The zero-order valence-electron chi connectivity index (χ0n) is 54.0. The SMILES string of the molecule is C=CC(=O)NCCCc1cc(C(C)C)c(-n2c(=O)c3ccc4c5cc6cc7ccc8cc9cc%10c(cc9cc8ccc7cc6cc5c5ccc(c2=O)c3c45)c2ccc3c(=O)n(-c4c(C(C)C)cc(OCCNC(=O)C=C)cc4C(C)C)c(=O)c4ccc%10c2c43)c(C(C)C)c1. The predicted octanol–water partition coefficient (Wildman–Crippen LogP) is 17.3. The molecule has 0 saturated carbocycles. The lowest BCUT2D eigenvalue weighted by Crippen LogP contribution is -2.34. The molecule has 11 nitrogen and oxygen atoms in total. The number of nitrogens with one attached hydrogen (secondary N) is 2. The molecule has 2 amide bonds. The summed E-state index contributed by atoms with van der Waals surface area (Å²) in [7, 11) is 0. The molecule has 15 aromatic rings. The highest BCUT2D eigenvalue weighted by Gasteiger charge is 2.28. The van der Waals surface area contributed by atoms with E-state index in [2.05, 4.69) is 149 Å². The Morgan fingerprint density at radius 1 is 0.383 bits per heavy atom. The monoisotopic (exact) mass is 1230 g/mol. The number of hydrogen-bond donors (Lipinski definition) is 2. The molecule has 0 unspecified atom stereocenters. The molecule has 0 bridgehead atoms. The molecule has 0 aliphatic carbocycles. The second-order valence-corrected chi connectivity index (χ2v) is 26.8. The lowest BCUT2D eigenvalue weighted by atomic mass is 9.88. The minimum Gasteiger partial charge on any atom is -0.492 e. The van der Waals surface area contributed by atoms with Crippen molar-refractivity contribution in [3.63, 3.8) is 0 Å². The van der Waals surface area contributed by atoms with Gasteiger partial charge in [0.15, 0.2) is 0 Å². The molecule has 2 N–H and O–H groups in total. The van der Waals surface area contributed by atoms with Crippen molar-refractivity contribution in [2.75, 3.05) is 19.7 Å². The first-order valence-corrected chi connectivity index (χ1v) is 32.7. The Bertz CT molecular complexity index is 5380. The van der Waals surface area contributed by atoms with Crippen LogP contribution in [0.1, 0.15) is 113 Å². The van der Waals surface area contributed by atoms with Gasteiger partial charge in [0.2, 0.25) is 11.8 Å². The molecule has 0 atom stereocenters. The van der Waals surface area contributed by atoms with E-state index in [4.69, 9.17) is 4.74 Å². The zero-order chi connectivity index (χ0) is 65.4. The van der Waals surface area contributed by atoms with E-state index in [1.807, 2.05) is 76.2 Å². The average molecular weight is 1240 g/mol. The summed E-state index contributed by atoms with van der Waals surface area (Å²) in [6.45, 7) is 24.7. The molecule has 0 radical (unpaired) electrons. The number of ether oxygens (including phenoxy) is 1. The number of amides is 2. The van der Waals surface area contributed by atoms with Gasteiger partial charge in [0, 0.05) is 38.9 Å². The van der Waals surface area contributed by atoms with Gasteiger partial charge in [-0.25, -0.2) is 9.13 Å². The van der Waals surface area contributed by atoms with Crippen molar-refractivity contribution < 1.29 is 14.3 Å². The Balaban J connectivity index is 0.811. The third-order valence-corrected chi connectivity index (χ3v) is 19.7. The lowest BCUT2D eigenvalue weighted by molar-refractivity contribution is -0.117. The number of carbonyl (C=O) groups excluding carboxylic acids is 2. The van der Waals surface area contributed by atoms with E-state index in [0.29, 0.717) is 62.5 Å². The summed E-state index contributed by atoms with van der Waals surface area (Å²) in [6, 6.07) is 50.7. The highest BCUT2D eigenvalue weighted by atomic mass is 16.5. The van der Waals surface area contributed by atoms with Gasteiger partial charge in [-0.1, -0.05) is 129 Å². The molecule has 0 spiro atoms. The van der Waals surface area contributed by atoms with Gasteiger partial charge >= 0.3 is 0 Å². The smallest absolute Gasteiger partial charge is 0.266 e. The molecule has 11 heteroatoms. The number of aryl methyl sites for hydroxylation is 1. The first-order valence-electron chi connectivity index (χ1n) is 32.7. The maximum Gasteiger partial charge on any atom is 0.266 e. The van der Waals surface area contributed by atoms with E-state index in [0.717, 1.165) is 138 Å². The maximum atomic E-state index is 15.1. The summed E-state index contributed by atoms with van der Waals surface area (Å²) >= 11 is 0. The van der Waals surface area contributed by atoms with Gasteiger partial charge in [0.05, 0.1) is 17.9 Å². The number of nitrogens with zero attached hydrogens (tertiary/aromatic N) is 2. The number of pyridine rings is 2. The minimum absolute atomic E-state index is 0.0171. The van der Waals surface area contributed by atoms with Crippen molar-refractivity contribution in [2.45, 2.75) is 91.9 Å². The Morgan fingerprint density at radius 3 is 1.00 bits per heavy atom. The zero-order valence-corrected chi connectivity index (χ0v) is 54.0. The van der Waals surface area contributed by atoms with Crippen molar-refractivity contribution in [1.82, 2.24) is 19.8 Å². The van der Waals surface area contributed by atoms with Crippen LogP contribution < -0.4 is 37.6 Å². The quantitative estimate of drug-likeness (QED) is 0.0723. The number of rotatable bonds is 16. The van der Waals surface area contributed by atoms with Crippen LogP contribution in [0.4, 0.5) is 0 Å². The van der Waals surface area contributed by atoms with Gasteiger partial charge in [-0.2, -0.15) is 0 Å². The van der Waals surface area contributed by atoms with Gasteiger partial charge in [0.25, 0.3) is 22.2 Å². The third-order valence-electron chi connectivity index (χ3n) is 19.7. The summed E-state index contributed by atoms with van der Waals surface area (Å²) in [6.07, 6.45) is 3.96. The lowest BCUT2D eigenvalue weighted by Gasteiger charge is -2.23. The van der Waals surface area contributed by atoms with Gasteiger partial charge < -0.3 is 15.4 Å². The van der Waals surface area contributed by atoms with Crippen LogP contribution >= 0.6 is 0 Å². The number of hydrogen-bond acceptors (Lipinski definition) is 7. The minimum atomic E-state index is -0.360. The summed E-state index contributed by atoms with van der Waals surface area (Å²) in [4.78, 5) is 84.1. The average Bonchev–Trinajstić information content (AvgIpc) is 1.45. The second-order valence-electron chi connectivity index (χ2n) is 26.8. The molecule has 0 fully saturated rings. The van der Waals surface area contributed by atoms with E-state index >= 15 is 19.2 Å². The molecule has 13 aromatic carbocycles. The van der Waals surface area contributed by atoms with E-state index in [-0.39, 0.29) is 64.3 Å². The third kappa shape index (κ3) is 9.29. The highest BCUT2D eigenvalue weighted by molar-refractivity contribution is 6.38. The standard InChI is InChI=1S/C83H70N4O7/c1-11-72(88)84-27-13-14-46-30-64(42(3)4)78(65(31-46)43(5)6)86-80(90)60-23-19-56-68-36-51-32-47-15-17-49-34-53-38-70-58-21-25-62-77-63(83(93)87(82(62)92)79-66(44(7)8)40-55(41-67(79)45(9)10)94-29-28-85-73(89)12-2)26-22-59(75(58)77)71(70)39-54(53)35-50(49)18-16-48(47)33-52(51)37-69(68)57-20-24-61(81(86)91)76(60)74(56)57/h11-12,15-26,30-45H,1-2,13-14,27-29H2,3-10H3,(H,84,88)(H,85,89). The van der Waals surface area contributed by atoms with Crippen LogP contribution in [0.25, 0.3) is 141 Å². The molecular formula is C83H70N4O7. The number of fused-ring (bicyclic) bond motifs is 10. The molecule has 0 saturated heterocycles. The van der Waals surface area contributed by atoms with Gasteiger partial charge in [-0.05, 0) is 258 Å². The highest BCUT2D eigenvalue weighted by Crippen LogP contribution is 2.46. The summed E-state index contributed by atoms with van der Waals surface area (Å²) in [5.41, 5.74) is 4.51. The Morgan fingerprint density at radius 2 is 0.681 bits per heavy atom. The van der Waals surface area contributed by atoms with Gasteiger partial charge in [-0.3, -0.25) is 28.8 Å². The van der Waals surface area contributed by atoms with Crippen molar-refractivity contribution in [3.8, 4) is 17.1 Å². The summed E-state index contributed by atoms with van der Waals surface area (Å²) < 4.78 is 8.97. The second kappa shape index (κ2) is 22.5. The Labute approximate surface area is 541 Å². The molecule has 2 heterocycles. The number of aromatic nitrogens is 2. The molecule has 15 rings (SSSR count). The predicted molar refractivity (Wildman–Crippen MR) is 390 cm³/mol. The normalized spacial score (nSPS) is 12.3. The maximum absolute atomic E-state index is 15.1. The van der Waals surface area contributed by atoms with E-state index < -0.39 is 0 Å². The molecule has 2 aromatic heterocycles. The molecular weight excluding hydrogens is 1160 g/mol. The fraction of sp³-hybridized carbons (Fsp3) is 0.205. The van der Waals surface area contributed by atoms with Crippen molar-refractivity contribution in [2.24, 2.45) is 0 Å². The summed E-state index contributed by atoms with van der Waals surface area (Å²) in [5.74, 6) is 0.0313. The fourth-order valence-corrected chi connectivity index (χ4v) is 15.2. The van der Waals surface area contributed by atoms with E-state index in [1.165, 1.54) is 21.3 Å². The fourth-order valence-electron chi connectivity index (χ4n) is 15.2. The van der Waals surface area contributed by atoms with Crippen molar-refractivity contribution in [3.05, 3.63) is 240 Å². The molecule has 0 aliphatic heterocycles.